The van der Waals surface area contributed by atoms with Gasteiger partial charge in [-0.3, -0.25) is 14.2 Å². The number of amides is 1. The molecular weight excluding hydrogens is 426 g/mol. The van der Waals surface area contributed by atoms with E-state index in [0.717, 1.165) is 12.1 Å². The van der Waals surface area contributed by atoms with Crippen molar-refractivity contribution in [3.05, 3.63) is 91.9 Å². The van der Waals surface area contributed by atoms with E-state index in [1.54, 1.807) is 49.4 Å². The Morgan fingerprint density at radius 3 is 2.33 bits per heavy atom. The number of carbonyl (C=O) groups is 1. The highest BCUT2D eigenvalue weighted by Crippen LogP contribution is 2.34. The Balaban J connectivity index is 2.33. The number of hydrogen-bond donors (Lipinski definition) is 2. The second kappa shape index (κ2) is 9.09. The normalized spacial score (nSPS) is 11.9. The molecule has 0 fully saturated rings. The zero-order chi connectivity index (χ0) is 23.5. The first-order valence-electron chi connectivity index (χ1n) is 10.3. The molecule has 168 valence electrons. The molecule has 0 aliphatic carbocycles. The lowest BCUT2D eigenvalue weighted by atomic mass is 9.99. The van der Waals surface area contributed by atoms with Crippen molar-refractivity contribution in [2.45, 2.75) is 19.5 Å². The van der Waals surface area contributed by atoms with E-state index in [0.29, 0.717) is 22.9 Å². The van der Waals surface area contributed by atoms with E-state index in [1.807, 2.05) is 6.07 Å². The molecule has 1 unspecified atom stereocenters. The molecule has 9 nitrogen and oxygen atoms in total. The van der Waals surface area contributed by atoms with Crippen LogP contribution in [0.2, 0.25) is 0 Å². The SMILES string of the molecule is CCC(NC(=O)CN)n1c(=O)c2cccc3oc(=O)ccc(=O)oc1c(-c1ccccc1)c32. The van der Waals surface area contributed by atoms with E-state index >= 15 is 0 Å². The molecule has 4 aromatic rings. The minimum Gasteiger partial charge on any atom is -0.423 e. The average molecular weight is 447 g/mol. The minimum atomic E-state index is -0.879. The van der Waals surface area contributed by atoms with Crippen LogP contribution in [0.3, 0.4) is 0 Å². The number of fused-ring (bicyclic) bond motifs is 1. The Labute approximate surface area is 186 Å². The van der Waals surface area contributed by atoms with Crippen molar-refractivity contribution in [1.82, 2.24) is 9.88 Å². The highest BCUT2D eigenvalue weighted by atomic mass is 16.4. The monoisotopic (exact) mass is 447 g/mol. The number of carbonyl (C=O) groups excluding carboxylic acids is 1. The predicted octanol–water partition coefficient (Wildman–Crippen LogP) is 2.27. The lowest BCUT2D eigenvalue weighted by Crippen LogP contribution is -2.40. The number of nitrogens with one attached hydrogen (secondary N) is 1. The Morgan fingerprint density at radius 2 is 1.67 bits per heavy atom. The molecule has 2 heterocycles. The molecule has 1 amide bonds. The summed E-state index contributed by atoms with van der Waals surface area (Å²) in [4.78, 5) is 50.6. The summed E-state index contributed by atoms with van der Waals surface area (Å²) in [7, 11) is 0. The summed E-state index contributed by atoms with van der Waals surface area (Å²) < 4.78 is 12.3. The highest BCUT2D eigenvalue weighted by Gasteiger charge is 2.24. The zero-order valence-electron chi connectivity index (χ0n) is 17.7. The maximum Gasteiger partial charge on any atom is 0.337 e. The standard InChI is InChI=1S/C24H21N3O6/c1-2-17(26-18(28)13-25)27-23(31)15-9-6-10-16-22(15)21(14-7-4-3-5-8-14)24(27)33-20(30)12-11-19(29)32-16/h3-12,17H,2,13,25H2,1H3,(H,26,28). The van der Waals surface area contributed by atoms with Gasteiger partial charge in [0.1, 0.15) is 11.7 Å². The third kappa shape index (κ3) is 4.13. The first-order chi connectivity index (χ1) is 15.9. The Morgan fingerprint density at radius 1 is 0.970 bits per heavy atom. The number of hydrogen-bond acceptors (Lipinski definition) is 7. The van der Waals surface area contributed by atoms with Gasteiger partial charge in [0.15, 0.2) is 0 Å². The molecule has 2 aromatic carbocycles. The van der Waals surface area contributed by atoms with E-state index in [1.165, 1.54) is 4.57 Å². The molecule has 2 aromatic heterocycles. The third-order valence-corrected chi connectivity index (χ3v) is 5.20. The molecular formula is C24H21N3O6. The lowest BCUT2D eigenvalue weighted by molar-refractivity contribution is -0.121. The first-order valence-corrected chi connectivity index (χ1v) is 10.3. The molecule has 0 saturated heterocycles. The number of rotatable bonds is 5. The summed E-state index contributed by atoms with van der Waals surface area (Å²) in [6.45, 7) is 1.50. The molecule has 2 bridgehead atoms. The molecule has 0 spiro atoms. The van der Waals surface area contributed by atoms with Crippen molar-refractivity contribution < 1.29 is 13.6 Å². The lowest BCUT2D eigenvalue weighted by Gasteiger charge is -2.22. The second-order valence-corrected chi connectivity index (χ2v) is 7.27. The van der Waals surface area contributed by atoms with Gasteiger partial charge in [-0.2, -0.15) is 0 Å². The topological polar surface area (TPSA) is 138 Å². The molecule has 0 saturated carbocycles. The number of aromatic nitrogens is 1. The molecule has 0 aliphatic heterocycles. The van der Waals surface area contributed by atoms with Crippen molar-refractivity contribution in [3.8, 4) is 11.1 Å². The van der Waals surface area contributed by atoms with Crippen LogP contribution in [0, 0.1) is 0 Å². The van der Waals surface area contributed by atoms with Gasteiger partial charge in [0, 0.05) is 17.5 Å². The summed E-state index contributed by atoms with van der Waals surface area (Å²) in [6, 6.07) is 15.6. The van der Waals surface area contributed by atoms with Crippen LogP contribution in [0.15, 0.2) is 83.9 Å². The summed E-state index contributed by atoms with van der Waals surface area (Å²) >= 11 is 0. The molecule has 0 aliphatic rings. The second-order valence-electron chi connectivity index (χ2n) is 7.27. The van der Waals surface area contributed by atoms with Gasteiger partial charge in [-0.15, -0.1) is 0 Å². The van der Waals surface area contributed by atoms with Crippen molar-refractivity contribution >= 4 is 28.0 Å². The van der Waals surface area contributed by atoms with Gasteiger partial charge in [0.2, 0.25) is 11.6 Å². The molecule has 33 heavy (non-hydrogen) atoms. The van der Waals surface area contributed by atoms with Gasteiger partial charge in [-0.25, -0.2) is 9.59 Å². The van der Waals surface area contributed by atoms with Crippen molar-refractivity contribution in [1.29, 1.82) is 0 Å². The van der Waals surface area contributed by atoms with E-state index in [4.69, 9.17) is 14.6 Å². The van der Waals surface area contributed by atoms with E-state index in [9.17, 15) is 19.2 Å². The van der Waals surface area contributed by atoms with Gasteiger partial charge in [0.25, 0.3) is 5.56 Å². The third-order valence-electron chi connectivity index (χ3n) is 5.20. The predicted molar refractivity (Wildman–Crippen MR) is 124 cm³/mol. The largest absolute Gasteiger partial charge is 0.423 e. The quantitative estimate of drug-likeness (QED) is 0.479. The van der Waals surface area contributed by atoms with Crippen LogP contribution in [-0.2, 0) is 4.79 Å². The molecule has 3 N–H and O–H groups in total. The summed E-state index contributed by atoms with van der Waals surface area (Å²) in [5.74, 6) is -0.476. The summed E-state index contributed by atoms with van der Waals surface area (Å²) in [6.07, 6.45) is -0.540. The molecule has 1 atom stereocenters. The van der Waals surface area contributed by atoms with Crippen molar-refractivity contribution in [2.24, 2.45) is 5.73 Å². The Bertz CT molecular complexity index is 1550. The Hall–Kier alpha value is -4.24. The highest BCUT2D eigenvalue weighted by molar-refractivity contribution is 6.09. The number of pyridine rings is 1. The Kier molecular flexibility index (Phi) is 6.05. The van der Waals surface area contributed by atoms with E-state index in [-0.39, 0.29) is 23.2 Å². The molecule has 4 rings (SSSR count). The maximum atomic E-state index is 13.7. The fraction of sp³-hybridized carbons (Fsp3) is 0.167. The fourth-order valence-electron chi connectivity index (χ4n) is 3.76. The van der Waals surface area contributed by atoms with Gasteiger partial charge in [0.05, 0.1) is 17.5 Å². The van der Waals surface area contributed by atoms with Crippen LogP contribution in [0.5, 0.6) is 0 Å². The smallest absolute Gasteiger partial charge is 0.337 e. The number of nitrogens with two attached hydrogens (primary N) is 1. The van der Waals surface area contributed by atoms with Crippen LogP contribution >= 0.6 is 0 Å². The van der Waals surface area contributed by atoms with Crippen LogP contribution < -0.4 is 27.9 Å². The van der Waals surface area contributed by atoms with Gasteiger partial charge < -0.3 is 19.9 Å². The van der Waals surface area contributed by atoms with Crippen molar-refractivity contribution in [2.75, 3.05) is 6.54 Å². The maximum absolute atomic E-state index is 13.7. The minimum absolute atomic E-state index is 0.0806. The van der Waals surface area contributed by atoms with Crippen molar-refractivity contribution in [3.63, 3.8) is 0 Å². The van der Waals surface area contributed by atoms with Crippen LogP contribution in [0.25, 0.3) is 33.2 Å². The van der Waals surface area contributed by atoms with Gasteiger partial charge in [-0.1, -0.05) is 43.3 Å². The number of nitrogens with zero attached hydrogens (tertiary/aromatic N) is 1. The van der Waals surface area contributed by atoms with Gasteiger partial charge in [-0.05, 0) is 24.1 Å². The zero-order valence-corrected chi connectivity index (χ0v) is 17.7. The van der Waals surface area contributed by atoms with Crippen LogP contribution in [0.4, 0.5) is 0 Å². The molecule has 9 heteroatoms. The summed E-state index contributed by atoms with van der Waals surface area (Å²) in [5.41, 5.74) is 4.32. The van der Waals surface area contributed by atoms with E-state index in [2.05, 4.69) is 5.32 Å². The fourth-order valence-corrected chi connectivity index (χ4v) is 3.76. The van der Waals surface area contributed by atoms with Crippen LogP contribution in [-0.4, -0.2) is 17.0 Å². The summed E-state index contributed by atoms with van der Waals surface area (Å²) in [5, 5.41) is 3.24. The van der Waals surface area contributed by atoms with Gasteiger partial charge >= 0.3 is 11.3 Å². The van der Waals surface area contributed by atoms with E-state index < -0.39 is 28.9 Å². The average Bonchev–Trinajstić information content (AvgIpc) is 2.82. The first kappa shape index (κ1) is 22.0. The number of benzene rings is 2. The van der Waals surface area contributed by atoms with Crippen LogP contribution in [0.1, 0.15) is 19.5 Å². The molecule has 0 radical (unpaired) electrons.